The molecule has 0 saturated carbocycles. The van der Waals surface area contributed by atoms with Crippen molar-refractivity contribution in [2.75, 3.05) is 6.61 Å². The van der Waals surface area contributed by atoms with Crippen molar-refractivity contribution in [3.63, 3.8) is 0 Å². The van der Waals surface area contributed by atoms with Crippen LogP contribution < -0.4 is 10.2 Å². The highest BCUT2D eigenvalue weighted by atomic mass is 79.9. The Morgan fingerprint density at radius 1 is 1.17 bits per heavy atom. The molecule has 0 amide bonds. The molecule has 11 heteroatoms. The van der Waals surface area contributed by atoms with Gasteiger partial charge in [-0.25, -0.2) is 5.43 Å². The fraction of sp³-hybridized carbons (Fsp3) is 0.308. The standard InChI is InChI=1S/C13H10BrF7N2O/c1-2-5-24-10-4-3-8(6-9(10)14)7-22-23-13(20,21)11(15,16)12(17,18)19/h2-4,6-7,23H,1,5H2/b22-7+. The largest absolute Gasteiger partial charge is 0.488 e. The van der Waals surface area contributed by atoms with Crippen molar-refractivity contribution >= 4 is 22.1 Å². The number of hydrogen-bond acceptors (Lipinski definition) is 3. The van der Waals surface area contributed by atoms with Crippen LogP contribution in [0.1, 0.15) is 5.56 Å². The minimum absolute atomic E-state index is 0.145. The Bertz CT molecular complexity index is 617. The number of nitrogens with one attached hydrogen (secondary N) is 1. The van der Waals surface area contributed by atoms with Gasteiger partial charge in [-0.3, -0.25) is 0 Å². The van der Waals surface area contributed by atoms with Crippen molar-refractivity contribution in [1.29, 1.82) is 0 Å². The van der Waals surface area contributed by atoms with E-state index in [1.54, 1.807) is 0 Å². The molecular formula is C13H10BrF7N2O. The highest BCUT2D eigenvalue weighted by Gasteiger charge is 2.73. The molecule has 0 radical (unpaired) electrons. The zero-order valence-electron chi connectivity index (χ0n) is 11.7. The Kier molecular flexibility index (Phi) is 6.26. The first-order valence-electron chi connectivity index (χ1n) is 6.08. The van der Waals surface area contributed by atoms with Crippen molar-refractivity contribution in [1.82, 2.24) is 5.43 Å². The van der Waals surface area contributed by atoms with Crippen LogP contribution in [-0.4, -0.2) is 31.0 Å². The molecule has 0 fully saturated rings. The molecular weight excluding hydrogens is 413 g/mol. The van der Waals surface area contributed by atoms with Gasteiger partial charge < -0.3 is 4.74 Å². The molecule has 0 aromatic heterocycles. The van der Waals surface area contributed by atoms with Gasteiger partial charge >= 0.3 is 18.1 Å². The summed E-state index contributed by atoms with van der Waals surface area (Å²) in [6.07, 6.45) is -4.29. The monoisotopic (exact) mass is 422 g/mol. The van der Waals surface area contributed by atoms with E-state index in [0.717, 1.165) is 0 Å². The van der Waals surface area contributed by atoms with Crippen LogP contribution in [-0.2, 0) is 0 Å². The molecule has 3 nitrogen and oxygen atoms in total. The molecule has 1 N–H and O–H groups in total. The predicted molar refractivity (Wildman–Crippen MR) is 76.5 cm³/mol. The lowest BCUT2D eigenvalue weighted by Gasteiger charge is -2.27. The SMILES string of the molecule is C=CCOc1ccc(/C=N/NC(F)(F)C(F)(F)C(F)(F)F)cc1Br. The van der Waals surface area contributed by atoms with E-state index in [4.69, 9.17) is 4.74 Å². The van der Waals surface area contributed by atoms with Crippen LogP contribution in [0.25, 0.3) is 0 Å². The predicted octanol–water partition coefficient (Wildman–Crippen LogP) is 4.73. The number of hydrazone groups is 1. The zero-order chi connectivity index (χ0) is 18.6. The second-order valence-corrected chi connectivity index (χ2v) is 5.16. The fourth-order valence-electron chi connectivity index (χ4n) is 1.30. The van der Waals surface area contributed by atoms with Gasteiger partial charge in [-0.2, -0.15) is 35.8 Å². The van der Waals surface area contributed by atoms with Crippen LogP contribution in [0.5, 0.6) is 5.75 Å². The molecule has 1 aromatic rings. The highest BCUT2D eigenvalue weighted by Crippen LogP contribution is 2.44. The van der Waals surface area contributed by atoms with Gasteiger partial charge in [-0.15, -0.1) is 0 Å². The Labute approximate surface area is 140 Å². The molecule has 134 valence electrons. The number of hydrogen-bond donors (Lipinski definition) is 1. The van der Waals surface area contributed by atoms with E-state index in [1.165, 1.54) is 24.3 Å². The van der Waals surface area contributed by atoms with Crippen molar-refractivity contribution in [3.8, 4) is 5.75 Å². The number of nitrogens with zero attached hydrogens (tertiary/aromatic N) is 1. The van der Waals surface area contributed by atoms with E-state index >= 15 is 0 Å². The number of benzene rings is 1. The number of halogens is 8. The average molecular weight is 423 g/mol. The van der Waals surface area contributed by atoms with Crippen molar-refractivity contribution < 1.29 is 35.5 Å². The molecule has 1 rings (SSSR count). The number of rotatable bonds is 7. The summed E-state index contributed by atoms with van der Waals surface area (Å²) in [6.45, 7) is 3.64. The third-order valence-corrected chi connectivity index (χ3v) is 3.10. The fourth-order valence-corrected chi connectivity index (χ4v) is 1.81. The van der Waals surface area contributed by atoms with Crippen molar-refractivity contribution in [3.05, 3.63) is 40.9 Å². The third kappa shape index (κ3) is 4.62. The third-order valence-electron chi connectivity index (χ3n) is 2.48. The van der Waals surface area contributed by atoms with Crippen LogP contribution >= 0.6 is 15.9 Å². The first-order valence-corrected chi connectivity index (χ1v) is 6.87. The van der Waals surface area contributed by atoms with Crippen molar-refractivity contribution in [2.24, 2.45) is 5.10 Å². The molecule has 1 aromatic carbocycles. The lowest BCUT2D eigenvalue weighted by Crippen LogP contribution is -2.58. The van der Waals surface area contributed by atoms with Crippen LogP contribution in [0.2, 0.25) is 0 Å². The van der Waals surface area contributed by atoms with E-state index in [0.29, 0.717) is 21.9 Å². The van der Waals surface area contributed by atoms with Gasteiger partial charge in [-0.05, 0) is 39.7 Å². The van der Waals surface area contributed by atoms with Gasteiger partial charge in [0, 0.05) is 0 Å². The molecule has 0 aliphatic carbocycles. The van der Waals surface area contributed by atoms with Gasteiger partial charge in [0.15, 0.2) is 0 Å². The summed E-state index contributed by atoms with van der Waals surface area (Å²) in [5.74, 6) is -5.89. The maximum Gasteiger partial charge on any atom is 0.462 e. The summed E-state index contributed by atoms with van der Waals surface area (Å²) >= 11 is 3.11. The molecule has 0 spiro atoms. The smallest absolute Gasteiger partial charge is 0.462 e. The Morgan fingerprint density at radius 2 is 1.79 bits per heavy atom. The van der Waals surface area contributed by atoms with Gasteiger partial charge in [0.25, 0.3) is 0 Å². The maximum absolute atomic E-state index is 12.9. The summed E-state index contributed by atoms with van der Waals surface area (Å²) in [6, 6.07) is -1.53. The molecule has 0 bridgehead atoms. The van der Waals surface area contributed by atoms with E-state index < -0.39 is 18.1 Å². The number of ether oxygens (including phenoxy) is 1. The molecule has 0 atom stereocenters. The second kappa shape index (κ2) is 7.41. The maximum atomic E-state index is 12.9. The number of alkyl halides is 7. The second-order valence-electron chi connectivity index (χ2n) is 4.31. The minimum Gasteiger partial charge on any atom is -0.488 e. The van der Waals surface area contributed by atoms with Crippen LogP contribution in [0.15, 0.2) is 40.4 Å². The van der Waals surface area contributed by atoms with E-state index in [2.05, 4.69) is 27.6 Å². The Balaban J connectivity index is 2.83. The normalized spacial score (nSPS) is 13.2. The summed E-state index contributed by atoms with van der Waals surface area (Å²) in [5.41, 5.74) is 0.674. The summed E-state index contributed by atoms with van der Waals surface area (Å²) in [7, 11) is 0. The molecule has 0 unspecified atom stereocenters. The zero-order valence-corrected chi connectivity index (χ0v) is 13.3. The first-order chi connectivity index (χ1) is 10.9. The molecule has 0 heterocycles. The van der Waals surface area contributed by atoms with Crippen LogP contribution in [0, 0.1) is 0 Å². The molecule has 0 saturated heterocycles. The highest BCUT2D eigenvalue weighted by molar-refractivity contribution is 9.10. The lowest BCUT2D eigenvalue weighted by atomic mass is 10.2. The van der Waals surface area contributed by atoms with E-state index in [-0.39, 0.29) is 12.2 Å². The van der Waals surface area contributed by atoms with E-state index in [9.17, 15) is 30.7 Å². The average Bonchev–Trinajstić information content (AvgIpc) is 2.45. The Morgan fingerprint density at radius 3 is 2.29 bits per heavy atom. The first kappa shape index (κ1) is 20.3. The van der Waals surface area contributed by atoms with Gasteiger partial charge in [0.05, 0.1) is 10.7 Å². The molecule has 0 aliphatic heterocycles. The summed E-state index contributed by atoms with van der Waals surface area (Å²) < 4.78 is 92.5. The van der Waals surface area contributed by atoms with Gasteiger partial charge in [-0.1, -0.05) is 12.7 Å². The van der Waals surface area contributed by atoms with Crippen LogP contribution in [0.4, 0.5) is 30.7 Å². The lowest BCUT2D eigenvalue weighted by molar-refractivity contribution is -0.361. The van der Waals surface area contributed by atoms with Crippen molar-refractivity contribution in [2.45, 2.75) is 18.1 Å². The summed E-state index contributed by atoms with van der Waals surface area (Å²) in [5, 5.41) is 2.74. The van der Waals surface area contributed by atoms with Gasteiger partial charge in [0.2, 0.25) is 0 Å². The molecule has 24 heavy (non-hydrogen) atoms. The Hall–Kier alpha value is -1.78. The summed E-state index contributed by atoms with van der Waals surface area (Å²) in [4.78, 5) is 0. The van der Waals surface area contributed by atoms with Crippen LogP contribution in [0.3, 0.4) is 0 Å². The minimum atomic E-state index is -6.42. The quantitative estimate of drug-likeness (QED) is 0.226. The van der Waals surface area contributed by atoms with Gasteiger partial charge in [0.1, 0.15) is 12.4 Å². The molecule has 0 aliphatic rings. The topological polar surface area (TPSA) is 33.6 Å². The van der Waals surface area contributed by atoms with E-state index in [1.807, 2.05) is 0 Å².